The van der Waals surface area contributed by atoms with Gasteiger partial charge in [-0.3, -0.25) is 9.79 Å². The zero-order chi connectivity index (χ0) is 19.8. The lowest BCUT2D eigenvalue weighted by molar-refractivity contribution is 0.580. The van der Waals surface area contributed by atoms with Crippen LogP contribution >= 0.6 is 15.9 Å². The van der Waals surface area contributed by atoms with Gasteiger partial charge in [0.25, 0.3) is 0 Å². The van der Waals surface area contributed by atoms with Gasteiger partial charge in [-0.25, -0.2) is 0 Å². The van der Waals surface area contributed by atoms with Gasteiger partial charge in [-0.1, -0.05) is 22.0 Å². The minimum absolute atomic E-state index is 0.0597. The average Bonchev–Trinajstić information content (AvgIpc) is 3.17. The molecule has 6 nitrogen and oxygen atoms in total. The van der Waals surface area contributed by atoms with E-state index in [0.29, 0.717) is 6.04 Å². The summed E-state index contributed by atoms with van der Waals surface area (Å²) in [5.74, 6) is 0.847. The molecule has 2 N–H and O–H groups in total. The number of halogens is 1. The Morgan fingerprint density at radius 3 is 2.79 bits per heavy atom. The number of rotatable bonds is 7. The van der Waals surface area contributed by atoms with E-state index in [1.165, 1.54) is 5.69 Å². The fourth-order valence-electron chi connectivity index (χ4n) is 3.41. The number of benzene rings is 1. The zero-order valence-corrected chi connectivity index (χ0v) is 17.9. The van der Waals surface area contributed by atoms with Crippen LogP contribution in [0.5, 0.6) is 0 Å². The number of nitrogens with zero attached hydrogens (tertiary/aromatic N) is 3. The van der Waals surface area contributed by atoms with E-state index < -0.39 is 0 Å². The summed E-state index contributed by atoms with van der Waals surface area (Å²) in [5, 5.41) is 6.91. The maximum Gasteiger partial charge on any atom is 0.250 e. The first-order valence-corrected chi connectivity index (χ1v) is 10.6. The Labute approximate surface area is 174 Å². The van der Waals surface area contributed by atoms with Crippen LogP contribution in [-0.2, 0) is 6.54 Å². The van der Waals surface area contributed by atoms with Crippen LogP contribution < -0.4 is 21.1 Å². The van der Waals surface area contributed by atoms with Crippen LogP contribution in [0, 0.1) is 0 Å². The maximum atomic E-state index is 11.7. The fraction of sp³-hybridized carbons (Fsp3) is 0.429. The topological polar surface area (TPSA) is 61.7 Å². The summed E-state index contributed by atoms with van der Waals surface area (Å²) in [6, 6.07) is 14.1. The molecule has 2 aromatic rings. The van der Waals surface area contributed by atoms with Gasteiger partial charge in [0.2, 0.25) is 5.56 Å². The van der Waals surface area contributed by atoms with Gasteiger partial charge < -0.3 is 20.1 Å². The Bertz CT molecular complexity index is 833. The number of hydrogen-bond donors (Lipinski definition) is 2. The summed E-state index contributed by atoms with van der Waals surface area (Å²) >= 11 is 3.49. The number of unbranched alkanes of at least 4 members (excludes halogenated alkanes) is 1. The molecule has 1 saturated heterocycles. The van der Waals surface area contributed by atoms with E-state index in [4.69, 9.17) is 0 Å². The van der Waals surface area contributed by atoms with Crippen LogP contribution in [0.25, 0.3) is 0 Å². The third kappa shape index (κ3) is 5.86. The molecule has 1 fully saturated rings. The molecule has 0 spiro atoms. The lowest BCUT2D eigenvalue weighted by atomic mass is 10.2. The Kier molecular flexibility index (Phi) is 7.54. The molecule has 1 unspecified atom stereocenters. The number of hydrogen-bond acceptors (Lipinski definition) is 3. The molecule has 150 valence electrons. The number of pyridine rings is 1. The first-order chi connectivity index (χ1) is 13.7. The molecule has 3 rings (SSSR count). The van der Waals surface area contributed by atoms with Crippen LogP contribution in [0.4, 0.5) is 5.69 Å². The van der Waals surface area contributed by atoms with Gasteiger partial charge in [-0.15, -0.1) is 0 Å². The summed E-state index contributed by atoms with van der Waals surface area (Å²) in [7, 11) is 1.81. The summed E-state index contributed by atoms with van der Waals surface area (Å²) in [6.45, 7) is 3.60. The predicted octanol–water partition coefficient (Wildman–Crippen LogP) is 2.83. The Morgan fingerprint density at radius 1 is 1.21 bits per heavy atom. The van der Waals surface area contributed by atoms with Crippen molar-refractivity contribution in [3.05, 3.63) is 63.5 Å². The fourth-order valence-corrected chi connectivity index (χ4v) is 3.68. The van der Waals surface area contributed by atoms with Crippen LogP contribution in [0.3, 0.4) is 0 Å². The van der Waals surface area contributed by atoms with Crippen LogP contribution in [0.1, 0.15) is 19.3 Å². The van der Waals surface area contributed by atoms with Gasteiger partial charge in [0.15, 0.2) is 5.96 Å². The lowest BCUT2D eigenvalue weighted by Gasteiger charge is -2.20. The van der Waals surface area contributed by atoms with Crippen molar-refractivity contribution in [1.82, 2.24) is 15.2 Å². The smallest absolute Gasteiger partial charge is 0.250 e. The third-order valence-electron chi connectivity index (χ3n) is 4.96. The van der Waals surface area contributed by atoms with Crippen LogP contribution in [-0.4, -0.2) is 43.3 Å². The van der Waals surface area contributed by atoms with Crippen LogP contribution in [0.2, 0.25) is 0 Å². The van der Waals surface area contributed by atoms with Crippen LogP contribution in [0.15, 0.2) is 62.9 Å². The van der Waals surface area contributed by atoms with E-state index in [-0.39, 0.29) is 5.56 Å². The van der Waals surface area contributed by atoms with E-state index in [0.717, 1.165) is 55.9 Å². The molecule has 0 aliphatic carbocycles. The molecular weight excluding hydrogens is 418 g/mol. The van der Waals surface area contributed by atoms with Crippen molar-refractivity contribution in [3.8, 4) is 0 Å². The Morgan fingerprint density at radius 2 is 2.04 bits per heavy atom. The molecule has 1 aromatic carbocycles. The Hall–Kier alpha value is -2.28. The summed E-state index contributed by atoms with van der Waals surface area (Å²) in [5.41, 5.74) is 1.32. The maximum absolute atomic E-state index is 11.7. The van der Waals surface area contributed by atoms with E-state index in [9.17, 15) is 4.79 Å². The molecule has 1 atom stereocenters. The van der Waals surface area contributed by atoms with E-state index in [1.807, 2.05) is 12.3 Å². The molecular formula is C21H28BrN5O. The molecule has 0 radical (unpaired) electrons. The standard InChI is InChI=1S/C21H28BrN5O/c1-23-21(24-12-3-5-14-26-13-4-2-6-20(26)28)25-18-11-15-27(16-18)19-9-7-17(22)8-10-19/h2,4,6-10,13,18H,3,5,11-12,14-16H2,1H3,(H2,23,24,25). The van der Waals surface area contributed by atoms with Crippen molar-refractivity contribution in [2.24, 2.45) is 4.99 Å². The van der Waals surface area contributed by atoms with Gasteiger partial charge in [0, 0.05) is 61.7 Å². The van der Waals surface area contributed by atoms with E-state index in [1.54, 1.807) is 23.7 Å². The highest BCUT2D eigenvalue weighted by Crippen LogP contribution is 2.22. The monoisotopic (exact) mass is 445 g/mol. The second-order valence-corrected chi connectivity index (χ2v) is 7.91. The molecule has 2 heterocycles. The number of aryl methyl sites for hydroxylation is 1. The number of aliphatic imine (C=N–C) groups is 1. The summed E-state index contributed by atoms with van der Waals surface area (Å²) in [4.78, 5) is 18.4. The highest BCUT2D eigenvalue weighted by molar-refractivity contribution is 9.10. The SMILES string of the molecule is CN=C(NCCCCn1ccccc1=O)NC1CCN(c2ccc(Br)cc2)C1. The molecule has 0 bridgehead atoms. The lowest BCUT2D eigenvalue weighted by Crippen LogP contribution is -2.44. The predicted molar refractivity (Wildman–Crippen MR) is 119 cm³/mol. The quantitative estimate of drug-likeness (QED) is 0.390. The average molecular weight is 446 g/mol. The number of aromatic nitrogens is 1. The number of nitrogens with one attached hydrogen (secondary N) is 2. The zero-order valence-electron chi connectivity index (χ0n) is 16.3. The number of guanidine groups is 1. The molecule has 0 saturated carbocycles. The van der Waals surface area contributed by atoms with Crippen molar-refractivity contribution >= 4 is 27.6 Å². The minimum atomic E-state index is 0.0597. The van der Waals surface area contributed by atoms with Crippen molar-refractivity contribution in [1.29, 1.82) is 0 Å². The third-order valence-corrected chi connectivity index (χ3v) is 5.49. The van der Waals surface area contributed by atoms with E-state index in [2.05, 4.69) is 60.7 Å². The molecule has 1 aliphatic heterocycles. The Balaban J connectivity index is 1.37. The first-order valence-electron chi connectivity index (χ1n) is 9.79. The second-order valence-electron chi connectivity index (χ2n) is 6.99. The van der Waals surface area contributed by atoms with Gasteiger partial charge in [-0.2, -0.15) is 0 Å². The molecule has 1 aromatic heterocycles. The summed E-state index contributed by atoms with van der Waals surface area (Å²) < 4.78 is 2.86. The van der Waals surface area contributed by atoms with Crippen molar-refractivity contribution < 1.29 is 0 Å². The molecule has 0 amide bonds. The number of anilines is 1. The normalized spacial score (nSPS) is 17.0. The largest absolute Gasteiger partial charge is 0.369 e. The highest BCUT2D eigenvalue weighted by Gasteiger charge is 2.23. The minimum Gasteiger partial charge on any atom is -0.369 e. The van der Waals surface area contributed by atoms with Gasteiger partial charge in [0.1, 0.15) is 0 Å². The molecule has 28 heavy (non-hydrogen) atoms. The van der Waals surface area contributed by atoms with Gasteiger partial charge in [0.05, 0.1) is 0 Å². The molecule has 1 aliphatic rings. The highest BCUT2D eigenvalue weighted by atomic mass is 79.9. The molecule has 7 heteroatoms. The summed E-state index contributed by atoms with van der Waals surface area (Å²) in [6.07, 6.45) is 4.87. The van der Waals surface area contributed by atoms with Gasteiger partial charge in [-0.05, 0) is 49.6 Å². The van der Waals surface area contributed by atoms with Gasteiger partial charge >= 0.3 is 0 Å². The van der Waals surface area contributed by atoms with E-state index >= 15 is 0 Å². The van der Waals surface area contributed by atoms with Crippen molar-refractivity contribution in [2.75, 3.05) is 31.6 Å². The second kappa shape index (κ2) is 10.3. The van der Waals surface area contributed by atoms with Crippen molar-refractivity contribution in [3.63, 3.8) is 0 Å². The first kappa shape index (κ1) is 20.5. The van der Waals surface area contributed by atoms with Crippen molar-refractivity contribution in [2.45, 2.75) is 31.8 Å².